The molecule has 2 saturated carbocycles. The minimum absolute atomic E-state index is 0.0548. The molecule has 0 atom stereocenters. The molecule has 0 aliphatic heterocycles. The summed E-state index contributed by atoms with van der Waals surface area (Å²) in [6, 6.07) is 6.06. The molecule has 0 saturated heterocycles. The van der Waals surface area contributed by atoms with E-state index in [-0.39, 0.29) is 11.9 Å². The fraction of sp³-hybridized carbons (Fsp3) is 0.667. The Morgan fingerprint density at radius 3 is 2.26 bits per heavy atom. The molecule has 2 fully saturated rings. The van der Waals surface area contributed by atoms with E-state index >= 15 is 0 Å². The SMILES string of the molecule is O=C(O)NC1CCC(NCc2ccc(Cl)c(C(=O)NCC3CCCCCCC3)c2)CC1. The number of carbonyl (C=O) groups is 2. The molecule has 0 aromatic heterocycles. The Labute approximate surface area is 190 Å². The number of hydrogen-bond acceptors (Lipinski definition) is 3. The standard InChI is InChI=1S/C24H36ClN3O3/c25-22-13-8-18(16-26-19-9-11-20(12-10-19)28-24(30)31)14-21(22)23(29)27-15-17-6-4-2-1-3-5-7-17/h8,13-14,17,19-20,26,28H,1-7,9-12,15-16H2,(H,27,29)(H,30,31). The van der Waals surface area contributed by atoms with E-state index < -0.39 is 6.09 Å². The molecule has 0 radical (unpaired) electrons. The zero-order valence-electron chi connectivity index (χ0n) is 18.3. The van der Waals surface area contributed by atoms with E-state index in [2.05, 4.69) is 16.0 Å². The van der Waals surface area contributed by atoms with E-state index in [9.17, 15) is 9.59 Å². The monoisotopic (exact) mass is 449 g/mol. The van der Waals surface area contributed by atoms with E-state index in [0.717, 1.165) is 37.8 Å². The summed E-state index contributed by atoms with van der Waals surface area (Å²) in [6.07, 6.45) is 11.5. The second kappa shape index (κ2) is 12.3. The summed E-state index contributed by atoms with van der Waals surface area (Å²) in [5.41, 5.74) is 1.58. The van der Waals surface area contributed by atoms with Gasteiger partial charge in [-0.3, -0.25) is 4.79 Å². The summed E-state index contributed by atoms with van der Waals surface area (Å²) >= 11 is 6.33. The van der Waals surface area contributed by atoms with E-state index in [0.29, 0.717) is 29.1 Å². The maximum atomic E-state index is 12.8. The first kappa shape index (κ1) is 23.9. The van der Waals surface area contributed by atoms with Gasteiger partial charge in [0.15, 0.2) is 0 Å². The first-order chi connectivity index (χ1) is 15.0. The number of carboxylic acid groups (broad SMARTS) is 1. The lowest BCUT2D eigenvalue weighted by atomic mass is 9.91. The molecule has 31 heavy (non-hydrogen) atoms. The fourth-order valence-electron chi connectivity index (χ4n) is 4.81. The third-order valence-corrected chi connectivity index (χ3v) is 7.03. The highest BCUT2D eigenvalue weighted by Gasteiger charge is 2.22. The average Bonchev–Trinajstić information content (AvgIpc) is 2.73. The van der Waals surface area contributed by atoms with Gasteiger partial charge in [-0.2, -0.15) is 0 Å². The van der Waals surface area contributed by atoms with Crippen LogP contribution in [0.5, 0.6) is 0 Å². The third kappa shape index (κ3) is 8.00. The summed E-state index contributed by atoms with van der Waals surface area (Å²) < 4.78 is 0. The number of amides is 2. The second-order valence-corrected chi connectivity index (χ2v) is 9.52. The first-order valence-corrected chi connectivity index (χ1v) is 12.2. The van der Waals surface area contributed by atoms with Gasteiger partial charge in [-0.15, -0.1) is 0 Å². The molecule has 0 unspecified atom stereocenters. The Kier molecular flexibility index (Phi) is 9.47. The predicted molar refractivity (Wildman–Crippen MR) is 124 cm³/mol. The minimum atomic E-state index is -0.946. The average molecular weight is 450 g/mol. The van der Waals surface area contributed by atoms with Crippen LogP contribution in [-0.2, 0) is 6.54 Å². The van der Waals surface area contributed by atoms with Crippen LogP contribution >= 0.6 is 11.6 Å². The molecule has 0 heterocycles. The van der Waals surface area contributed by atoms with Gasteiger partial charge in [0.1, 0.15) is 0 Å². The predicted octanol–water partition coefficient (Wildman–Crippen LogP) is 5.10. The maximum absolute atomic E-state index is 12.8. The second-order valence-electron chi connectivity index (χ2n) is 9.11. The van der Waals surface area contributed by atoms with Crippen molar-refractivity contribution in [3.8, 4) is 0 Å². The molecule has 7 heteroatoms. The van der Waals surface area contributed by atoms with Crippen molar-refractivity contribution >= 4 is 23.6 Å². The fourth-order valence-corrected chi connectivity index (χ4v) is 5.02. The van der Waals surface area contributed by atoms with E-state index in [1.165, 1.54) is 44.9 Å². The highest BCUT2D eigenvalue weighted by atomic mass is 35.5. The largest absolute Gasteiger partial charge is 0.465 e. The molecular weight excluding hydrogens is 414 g/mol. The Morgan fingerprint density at radius 1 is 0.935 bits per heavy atom. The number of hydrogen-bond donors (Lipinski definition) is 4. The Hall–Kier alpha value is -1.79. The van der Waals surface area contributed by atoms with Crippen LogP contribution in [0.25, 0.3) is 0 Å². The van der Waals surface area contributed by atoms with Crippen molar-refractivity contribution in [1.29, 1.82) is 0 Å². The van der Waals surface area contributed by atoms with Gasteiger partial charge in [0.25, 0.3) is 5.91 Å². The molecule has 6 nitrogen and oxygen atoms in total. The van der Waals surface area contributed by atoms with Gasteiger partial charge in [-0.25, -0.2) is 4.79 Å². The number of nitrogens with one attached hydrogen (secondary N) is 3. The molecular formula is C24H36ClN3O3. The molecule has 2 amide bonds. The quantitative estimate of drug-likeness (QED) is 0.466. The Balaban J connectivity index is 1.47. The van der Waals surface area contributed by atoms with Crippen molar-refractivity contribution in [3.63, 3.8) is 0 Å². The lowest BCUT2D eigenvalue weighted by Gasteiger charge is -2.29. The lowest BCUT2D eigenvalue weighted by molar-refractivity contribution is 0.0944. The van der Waals surface area contributed by atoms with E-state index in [4.69, 9.17) is 16.7 Å². The van der Waals surface area contributed by atoms with Crippen molar-refractivity contribution in [2.24, 2.45) is 5.92 Å². The highest BCUT2D eigenvalue weighted by Crippen LogP contribution is 2.23. The number of halogens is 1. The zero-order valence-corrected chi connectivity index (χ0v) is 19.1. The smallest absolute Gasteiger partial charge is 0.404 e. The van der Waals surface area contributed by atoms with Crippen LogP contribution in [0.2, 0.25) is 5.02 Å². The molecule has 172 valence electrons. The maximum Gasteiger partial charge on any atom is 0.404 e. The van der Waals surface area contributed by atoms with Crippen LogP contribution in [-0.4, -0.2) is 35.7 Å². The van der Waals surface area contributed by atoms with E-state index in [1.54, 1.807) is 6.07 Å². The first-order valence-electron chi connectivity index (χ1n) is 11.8. The van der Waals surface area contributed by atoms with Crippen molar-refractivity contribution < 1.29 is 14.7 Å². The minimum Gasteiger partial charge on any atom is -0.465 e. The summed E-state index contributed by atoms with van der Waals surface area (Å²) in [7, 11) is 0. The van der Waals surface area contributed by atoms with Crippen LogP contribution in [0.15, 0.2) is 18.2 Å². The van der Waals surface area contributed by atoms with Crippen LogP contribution in [0.3, 0.4) is 0 Å². The summed E-state index contributed by atoms with van der Waals surface area (Å²) in [4.78, 5) is 23.5. The molecule has 2 aliphatic rings. The van der Waals surface area contributed by atoms with Gasteiger partial charge < -0.3 is 21.1 Å². The van der Waals surface area contributed by atoms with Gasteiger partial charge >= 0.3 is 6.09 Å². The number of rotatable bonds is 7. The van der Waals surface area contributed by atoms with Crippen molar-refractivity contribution in [2.75, 3.05) is 6.54 Å². The number of carbonyl (C=O) groups excluding carboxylic acids is 1. The van der Waals surface area contributed by atoms with Crippen molar-refractivity contribution in [2.45, 2.75) is 89.3 Å². The van der Waals surface area contributed by atoms with E-state index in [1.807, 2.05) is 12.1 Å². The van der Waals surface area contributed by atoms with Gasteiger partial charge in [0, 0.05) is 25.2 Å². The summed E-state index contributed by atoms with van der Waals surface area (Å²) in [6.45, 7) is 1.40. The molecule has 0 spiro atoms. The van der Waals surface area contributed by atoms with Crippen LogP contribution < -0.4 is 16.0 Å². The van der Waals surface area contributed by atoms with Gasteiger partial charge in [0.05, 0.1) is 10.6 Å². The highest BCUT2D eigenvalue weighted by molar-refractivity contribution is 6.33. The van der Waals surface area contributed by atoms with Gasteiger partial charge in [-0.1, -0.05) is 49.8 Å². The topological polar surface area (TPSA) is 90.5 Å². The van der Waals surface area contributed by atoms with Crippen molar-refractivity contribution in [3.05, 3.63) is 34.3 Å². The van der Waals surface area contributed by atoms with Crippen LogP contribution in [0.4, 0.5) is 4.79 Å². The Morgan fingerprint density at radius 2 is 1.58 bits per heavy atom. The van der Waals surface area contributed by atoms with Crippen LogP contribution in [0, 0.1) is 5.92 Å². The molecule has 1 aromatic rings. The molecule has 0 bridgehead atoms. The molecule has 4 N–H and O–H groups in total. The molecule has 2 aliphatic carbocycles. The molecule has 3 rings (SSSR count). The zero-order chi connectivity index (χ0) is 22.1. The Bertz CT molecular complexity index is 727. The lowest BCUT2D eigenvalue weighted by Crippen LogP contribution is -2.41. The molecule has 1 aromatic carbocycles. The number of benzene rings is 1. The van der Waals surface area contributed by atoms with Gasteiger partial charge in [-0.05, 0) is 62.1 Å². The normalized spacial score (nSPS) is 22.9. The summed E-state index contributed by atoms with van der Waals surface area (Å²) in [5.74, 6) is 0.479. The van der Waals surface area contributed by atoms with Crippen molar-refractivity contribution in [1.82, 2.24) is 16.0 Å². The summed E-state index contributed by atoms with van der Waals surface area (Å²) in [5, 5.41) is 18.6. The van der Waals surface area contributed by atoms with Gasteiger partial charge in [0.2, 0.25) is 0 Å². The van der Waals surface area contributed by atoms with Crippen LogP contribution in [0.1, 0.15) is 86.6 Å². The third-order valence-electron chi connectivity index (χ3n) is 6.70.